The van der Waals surface area contributed by atoms with Gasteiger partial charge in [0.15, 0.2) is 6.10 Å². The third-order valence-corrected chi connectivity index (χ3v) is 11.4. The number of hydrogen-bond donors (Lipinski definition) is 0. The molecule has 1 unspecified atom stereocenters. The first-order chi connectivity index (χ1) is 32.5. The van der Waals surface area contributed by atoms with E-state index in [1.54, 1.807) is 0 Å². The van der Waals surface area contributed by atoms with E-state index in [1.807, 2.05) is 0 Å². The summed E-state index contributed by atoms with van der Waals surface area (Å²) in [4.78, 5) is 38.1. The number of ether oxygens (including phenoxy) is 3. The number of carbonyl (C=O) groups is 3. The van der Waals surface area contributed by atoms with Gasteiger partial charge in [0, 0.05) is 19.3 Å². The molecule has 0 rings (SSSR count). The average Bonchev–Trinajstić information content (AvgIpc) is 3.31. The lowest BCUT2D eigenvalue weighted by Gasteiger charge is -2.18. The van der Waals surface area contributed by atoms with Gasteiger partial charge in [0.25, 0.3) is 0 Å². The van der Waals surface area contributed by atoms with E-state index in [9.17, 15) is 14.4 Å². The van der Waals surface area contributed by atoms with Crippen LogP contribution in [0.1, 0.15) is 245 Å². The molecule has 0 aromatic carbocycles. The van der Waals surface area contributed by atoms with Gasteiger partial charge in [0.2, 0.25) is 0 Å². The third kappa shape index (κ3) is 51.3. The van der Waals surface area contributed by atoms with Gasteiger partial charge in [-0.3, -0.25) is 14.4 Å². The first kappa shape index (κ1) is 62.3. The molecule has 0 spiro atoms. The number of rotatable bonds is 48. The Labute approximate surface area is 407 Å². The molecule has 0 heterocycles. The van der Waals surface area contributed by atoms with Crippen molar-refractivity contribution in [1.29, 1.82) is 0 Å². The number of unbranched alkanes of at least 4 members (excludes halogenated alkanes) is 23. The van der Waals surface area contributed by atoms with Crippen LogP contribution in [-0.4, -0.2) is 37.2 Å². The minimum Gasteiger partial charge on any atom is -0.462 e. The maximum atomic E-state index is 12.8. The molecule has 0 radical (unpaired) electrons. The SMILES string of the molecule is CC\C=C/C=C\C=C/CCCCCCCCCC(=O)OC(COC(=O)CCCCC/C=C\CCCCCCCCC)COC(=O)CCCCCCCC/C=C\C/C=C\C/C=C\C/C=C\CC. The zero-order chi connectivity index (χ0) is 47.9. The van der Waals surface area contributed by atoms with E-state index in [2.05, 4.69) is 118 Å². The van der Waals surface area contributed by atoms with Gasteiger partial charge in [-0.25, -0.2) is 0 Å². The van der Waals surface area contributed by atoms with Gasteiger partial charge in [-0.2, -0.15) is 0 Å². The van der Waals surface area contributed by atoms with Crippen molar-refractivity contribution in [1.82, 2.24) is 0 Å². The zero-order valence-electron chi connectivity index (χ0n) is 42.9. The highest BCUT2D eigenvalue weighted by Crippen LogP contribution is 2.14. The quantitative estimate of drug-likeness (QED) is 0.0199. The Morgan fingerprint density at radius 2 is 0.667 bits per heavy atom. The molecular formula is C60H100O6. The second-order valence-electron chi connectivity index (χ2n) is 17.8. The van der Waals surface area contributed by atoms with Crippen LogP contribution < -0.4 is 0 Å². The molecule has 6 nitrogen and oxygen atoms in total. The summed E-state index contributed by atoms with van der Waals surface area (Å²) in [6.07, 6.45) is 71.0. The predicted molar refractivity (Wildman–Crippen MR) is 284 cm³/mol. The van der Waals surface area contributed by atoms with E-state index in [0.29, 0.717) is 19.3 Å². The van der Waals surface area contributed by atoms with Crippen molar-refractivity contribution in [2.45, 2.75) is 252 Å². The van der Waals surface area contributed by atoms with Crippen LogP contribution in [0, 0.1) is 0 Å². The molecule has 0 bridgehead atoms. The molecule has 66 heavy (non-hydrogen) atoms. The van der Waals surface area contributed by atoms with Crippen molar-refractivity contribution in [3.05, 3.63) is 97.2 Å². The summed E-state index contributed by atoms with van der Waals surface area (Å²) >= 11 is 0. The van der Waals surface area contributed by atoms with Gasteiger partial charge in [0.1, 0.15) is 13.2 Å². The molecule has 6 heteroatoms. The van der Waals surface area contributed by atoms with E-state index in [1.165, 1.54) is 77.0 Å². The Hall–Kier alpha value is -3.67. The molecule has 0 fully saturated rings. The summed E-state index contributed by atoms with van der Waals surface area (Å²) in [5.74, 6) is -0.936. The molecule has 0 aliphatic rings. The third-order valence-electron chi connectivity index (χ3n) is 11.4. The van der Waals surface area contributed by atoms with Crippen LogP contribution in [0.15, 0.2) is 97.2 Å². The molecule has 0 saturated carbocycles. The summed E-state index contributed by atoms with van der Waals surface area (Å²) in [7, 11) is 0. The van der Waals surface area contributed by atoms with Gasteiger partial charge in [-0.1, -0.05) is 221 Å². The van der Waals surface area contributed by atoms with Gasteiger partial charge in [-0.15, -0.1) is 0 Å². The smallest absolute Gasteiger partial charge is 0.306 e. The minimum absolute atomic E-state index is 0.0955. The van der Waals surface area contributed by atoms with Crippen molar-refractivity contribution >= 4 is 17.9 Å². The second kappa shape index (κ2) is 53.9. The summed E-state index contributed by atoms with van der Waals surface area (Å²) in [5, 5.41) is 0. The van der Waals surface area contributed by atoms with Crippen molar-refractivity contribution in [2.24, 2.45) is 0 Å². The van der Waals surface area contributed by atoms with Gasteiger partial charge < -0.3 is 14.2 Å². The monoisotopic (exact) mass is 917 g/mol. The van der Waals surface area contributed by atoms with E-state index < -0.39 is 6.10 Å². The van der Waals surface area contributed by atoms with Crippen molar-refractivity contribution in [3.63, 3.8) is 0 Å². The molecule has 0 N–H and O–H groups in total. The van der Waals surface area contributed by atoms with Crippen LogP contribution in [0.4, 0.5) is 0 Å². The number of carbonyl (C=O) groups excluding carboxylic acids is 3. The summed E-state index contributed by atoms with van der Waals surface area (Å²) in [6, 6.07) is 0. The lowest BCUT2D eigenvalue weighted by Crippen LogP contribution is -2.30. The lowest BCUT2D eigenvalue weighted by molar-refractivity contribution is -0.167. The van der Waals surface area contributed by atoms with E-state index in [-0.39, 0.29) is 31.1 Å². The fourth-order valence-corrected chi connectivity index (χ4v) is 7.31. The summed E-state index contributed by atoms with van der Waals surface area (Å²) in [6.45, 7) is 6.36. The highest BCUT2D eigenvalue weighted by Gasteiger charge is 2.19. The predicted octanol–water partition coefficient (Wildman–Crippen LogP) is 18.1. The van der Waals surface area contributed by atoms with Crippen molar-refractivity contribution < 1.29 is 28.6 Å². The Bertz CT molecular complexity index is 1330. The molecule has 376 valence electrons. The highest BCUT2D eigenvalue weighted by molar-refractivity contribution is 5.71. The number of allylic oxidation sites excluding steroid dienone is 16. The fraction of sp³-hybridized carbons (Fsp3) is 0.683. The summed E-state index contributed by atoms with van der Waals surface area (Å²) in [5.41, 5.74) is 0. The van der Waals surface area contributed by atoms with Gasteiger partial charge in [0.05, 0.1) is 0 Å². The Morgan fingerprint density at radius 3 is 1.12 bits per heavy atom. The fourth-order valence-electron chi connectivity index (χ4n) is 7.31. The van der Waals surface area contributed by atoms with E-state index in [0.717, 1.165) is 128 Å². The second-order valence-corrected chi connectivity index (χ2v) is 17.8. The van der Waals surface area contributed by atoms with Crippen molar-refractivity contribution in [3.8, 4) is 0 Å². The van der Waals surface area contributed by atoms with Crippen LogP contribution in [0.2, 0.25) is 0 Å². The van der Waals surface area contributed by atoms with Gasteiger partial charge in [-0.05, 0) is 103 Å². The molecular weight excluding hydrogens is 817 g/mol. The lowest BCUT2D eigenvalue weighted by atomic mass is 10.1. The van der Waals surface area contributed by atoms with Crippen LogP contribution in [0.3, 0.4) is 0 Å². The van der Waals surface area contributed by atoms with Crippen molar-refractivity contribution in [2.75, 3.05) is 13.2 Å². The summed E-state index contributed by atoms with van der Waals surface area (Å²) < 4.78 is 16.8. The minimum atomic E-state index is -0.797. The van der Waals surface area contributed by atoms with E-state index in [4.69, 9.17) is 14.2 Å². The van der Waals surface area contributed by atoms with Crippen LogP contribution >= 0.6 is 0 Å². The normalized spacial score (nSPS) is 12.8. The zero-order valence-corrected chi connectivity index (χ0v) is 42.9. The largest absolute Gasteiger partial charge is 0.462 e. The van der Waals surface area contributed by atoms with Crippen LogP contribution in [0.25, 0.3) is 0 Å². The Morgan fingerprint density at radius 1 is 0.333 bits per heavy atom. The molecule has 0 aliphatic heterocycles. The molecule has 0 aromatic rings. The maximum Gasteiger partial charge on any atom is 0.306 e. The highest BCUT2D eigenvalue weighted by atomic mass is 16.6. The van der Waals surface area contributed by atoms with Crippen LogP contribution in [0.5, 0.6) is 0 Å². The van der Waals surface area contributed by atoms with Gasteiger partial charge >= 0.3 is 17.9 Å². The first-order valence-corrected chi connectivity index (χ1v) is 27.3. The number of hydrogen-bond acceptors (Lipinski definition) is 6. The molecule has 1 atom stereocenters. The molecule has 0 amide bonds. The Balaban J connectivity index is 4.44. The topological polar surface area (TPSA) is 78.9 Å². The Kier molecular flexibility index (Phi) is 50.9. The van der Waals surface area contributed by atoms with E-state index >= 15 is 0 Å². The maximum absolute atomic E-state index is 12.8. The first-order valence-electron chi connectivity index (χ1n) is 27.3. The molecule has 0 aromatic heterocycles. The standard InChI is InChI=1S/C60H100O6/c1-4-7-10-13-16-19-22-25-28-29-30-31-33-35-38-41-44-47-50-53-59(62)65-56-57(55-64-58(61)52-49-46-43-40-37-34-27-24-21-18-15-12-9-6-3)66-60(63)54-51-48-45-42-39-36-32-26-23-20-17-14-11-8-5-2/h7-8,10-11,14,16-17,19-20,23,25,28,30-31,34,37,57H,4-6,9,12-13,15,18,21-22,24,26-27,29,32-33,35-36,38-56H2,1-3H3/b10-7-,11-8-,17-14-,19-16-,23-20-,28-25-,31-30-,37-34-. The molecule has 0 aliphatic carbocycles. The van der Waals surface area contributed by atoms with Crippen LogP contribution in [-0.2, 0) is 28.6 Å². The average molecular weight is 917 g/mol. The molecule has 0 saturated heterocycles. The number of esters is 3.